The zero-order valence-electron chi connectivity index (χ0n) is 18.2. The number of thiocarbonyl (C=S) groups is 1. The summed E-state index contributed by atoms with van der Waals surface area (Å²) in [6.45, 7) is 4.12. The summed E-state index contributed by atoms with van der Waals surface area (Å²) in [4.78, 5) is 6.78. The first-order valence-corrected chi connectivity index (χ1v) is 11.8. The van der Waals surface area contributed by atoms with Gasteiger partial charge in [-0.15, -0.1) is 0 Å². The minimum absolute atomic E-state index is 0.123. The van der Waals surface area contributed by atoms with Crippen LogP contribution in [-0.4, -0.2) is 14.7 Å². The highest BCUT2D eigenvalue weighted by Crippen LogP contribution is 2.43. The van der Waals surface area contributed by atoms with Gasteiger partial charge in [0.25, 0.3) is 0 Å². The van der Waals surface area contributed by atoms with Gasteiger partial charge in [0.2, 0.25) is 0 Å². The van der Waals surface area contributed by atoms with Gasteiger partial charge in [-0.05, 0) is 92.3 Å². The summed E-state index contributed by atoms with van der Waals surface area (Å²) in [7, 11) is 0. The van der Waals surface area contributed by atoms with Crippen molar-refractivity contribution < 1.29 is 4.39 Å². The molecule has 1 aliphatic heterocycles. The maximum Gasteiger partial charge on any atom is 0.174 e. The molecule has 0 bridgehead atoms. The molecule has 0 amide bonds. The second kappa shape index (κ2) is 8.72. The van der Waals surface area contributed by atoms with Crippen LogP contribution in [-0.2, 0) is 0 Å². The maximum absolute atomic E-state index is 14.0. The van der Waals surface area contributed by atoms with Crippen LogP contribution in [0.4, 0.5) is 10.1 Å². The van der Waals surface area contributed by atoms with Crippen LogP contribution in [0.3, 0.4) is 0 Å². The number of hydrogen-bond donors (Lipinski definition) is 1. The number of pyridine rings is 1. The van der Waals surface area contributed by atoms with E-state index in [1.54, 1.807) is 18.3 Å². The average Bonchev–Trinajstić information content (AvgIpc) is 3.30. The van der Waals surface area contributed by atoms with Gasteiger partial charge in [0.1, 0.15) is 5.82 Å². The highest BCUT2D eigenvalue weighted by molar-refractivity contribution is 9.10. The highest BCUT2D eigenvalue weighted by Gasteiger charge is 2.42. The molecule has 2 aromatic carbocycles. The third-order valence-electron chi connectivity index (χ3n) is 6.06. The molecule has 2 aromatic heterocycles. The Morgan fingerprint density at radius 2 is 1.76 bits per heavy atom. The van der Waals surface area contributed by atoms with Gasteiger partial charge in [-0.3, -0.25) is 4.98 Å². The number of anilines is 1. The summed E-state index contributed by atoms with van der Waals surface area (Å²) < 4.78 is 17.1. The van der Waals surface area contributed by atoms with Gasteiger partial charge in [-0.2, -0.15) is 0 Å². The number of rotatable bonds is 4. The van der Waals surface area contributed by atoms with Gasteiger partial charge in [0.15, 0.2) is 5.11 Å². The Labute approximate surface area is 206 Å². The minimum atomic E-state index is -0.256. The molecule has 7 heteroatoms. The Hall–Kier alpha value is -3.03. The molecule has 5 rings (SSSR count). The van der Waals surface area contributed by atoms with Crippen LogP contribution in [0, 0.1) is 19.7 Å². The maximum atomic E-state index is 14.0. The first kappa shape index (κ1) is 21.8. The molecule has 0 unspecified atom stereocenters. The number of nitrogens with zero attached hydrogens (tertiary/aromatic N) is 3. The fourth-order valence-corrected chi connectivity index (χ4v) is 5.26. The summed E-state index contributed by atoms with van der Waals surface area (Å²) >= 11 is 9.34. The van der Waals surface area contributed by atoms with Crippen molar-refractivity contribution in [2.75, 3.05) is 4.90 Å². The lowest BCUT2D eigenvalue weighted by Gasteiger charge is -2.28. The van der Waals surface area contributed by atoms with Crippen molar-refractivity contribution in [1.82, 2.24) is 14.9 Å². The predicted octanol–water partition coefficient (Wildman–Crippen LogP) is 6.57. The van der Waals surface area contributed by atoms with E-state index in [4.69, 9.17) is 12.2 Å². The lowest BCUT2D eigenvalue weighted by atomic mass is 9.96. The molecule has 4 nitrogen and oxygen atoms in total. The fraction of sp³-hybridized carbons (Fsp3) is 0.154. The quantitative estimate of drug-likeness (QED) is 0.308. The predicted molar refractivity (Wildman–Crippen MR) is 137 cm³/mol. The molecule has 0 spiro atoms. The Bertz CT molecular complexity index is 1320. The summed E-state index contributed by atoms with van der Waals surface area (Å²) in [6, 6.07) is 22.6. The van der Waals surface area contributed by atoms with Gasteiger partial charge >= 0.3 is 0 Å². The zero-order valence-corrected chi connectivity index (χ0v) is 20.6. The van der Waals surface area contributed by atoms with Crippen LogP contribution >= 0.6 is 28.1 Å². The van der Waals surface area contributed by atoms with Gasteiger partial charge in [0, 0.05) is 33.4 Å². The van der Waals surface area contributed by atoms with Crippen molar-refractivity contribution >= 4 is 38.9 Å². The minimum Gasteiger partial charge on any atom is -0.351 e. The molecular formula is C26H22BrFN4S. The van der Waals surface area contributed by atoms with Crippen LogP contribution < -0.4 is 10.2 Å². The molecule has 1 aliphatic rings. The summed E-state index contributed by atoms with van der Waals surface area (Å²) in [5, 5.41) is 4.15. The summed E-state index contributed by atoms with van der Waals surface area (Å²) in [6.07, 6.45) is 1.80. The molecule has 166 valence electrons. The lowest BCUT2D eigenvalue weighted by molar-refractivity contribution is 0.565. The molecule has 1 saturated heterocycles. The molecule has 0 radical (unpaired) electrons. The Morgan fingerprint density at radius 3 is 2.45 bits per heavy atom. The number of halogens is 2. The lowest BCUT2D eigenvalue weighted by Crippen LogP contribution is -2.29. The smallest absolute Gasteiger partial charge is 0.174 e. The summed E-state index contributed by atoms with van der Waals surface area (Å²) in [5.74, 6) is -0.256. The Balaban J connectivity index is 1.68. The number of benzene rings is 2. The van der Waals surface area contributed by atoms with E-state index in [1.165, 1.54) is 6.07 Å². The van der Waals surface area contributed by atoms with Crippen LogP contribution in [0.1, 0.15) is 34.7 Å². The third-order valence-corrected chi connectivity index (χ3v) is 6.90. The van der Waals surface area contributed by atoms with E-state index < -0.39 is 0 Å². The molecule has 0 aliphatic carbocycles. The van der Waals surface area contributed by atoms with Crippen LogP contribution in [0.25, 0.3) is 5.69 Å². The van der Waals surface area contributed by atoms with E-state index in [-0.39, 0.29) is 17.9 Å². The second-order valence-electron chi connectivity index (χ2n) is 8.11. The topological polar surface area (TPSA) is 33.1 Å². The molecule has 3 heterocycles. The third kappa shape index (κ3) is 3.96. The largest absolute Gasteiger partial charge is 0.351 e. The van der Waals surface area contributed by atoms with Gasteiger partial charge in [0.05, 0.1) is 17.8 Å². The van der Waals surface area contributed by atoms with Crippen molar-refractivity contribution in [2.45, 2.75) is 25.9 Å². The first-order valence-electron chi connectivity index (χ1n) is 10.6. The number of hydrogen-bond acceptors (Lipinski definition) is 2. The van der Waals surface area contributed by atoms with Gasteiger partial charge < -0.3 is 14.8 Å². The average molecular weight is 521 g/mol. The molecule has 4 aromatic rings. The first-order chi connectivity index (χ1) is 15.9. The van der Waals surface area contributed by atoms with E-state index >= 15 is 0 Å². The van der Waals surface area contributed by atoms with E-state index in [2.05, 4.69) is 60.8 Å². The van der Waals surface area contributed by atoms with Gasteiger partial charge in [-0.25, -0.2) is 4.39 Å². The number of nitrogens with one attached hydrogen (secondary N) is 1. The number of aromatic nitrogens is 2. The van der Waals surface area contributed by atoms with Crippen molar-refractivity contribution in [3.63, 3.8) is 0 Å². The fourth-order valence-electron chi connectivity index (χ4n) is 4.65. The second-order valence-corrected chi connectivity index (χ2v) is 9.42. The Kier molecular flexibility index (Phi) is 5.76. The van der Waals surface area contributed by atoms with Crippen molar-refractivity contribution in [3.8, 4) is 5.69 Å². The molecule has 1 N–H and O–H groups in total. The Morgan fingerprint density at radius 1 is 0.970 bits per heavy atom. The summed E-state index contributed by atoms with van der Waals surface area (Å²) in [5.41, 5.74) is 5.89. The van der Waals surface area contributed by atoms with E-state index in [0.29, 0.717) is 5.11 Å². The SMILES string of the molecule is Cc1cc([C@H]2[C@@H](c3ccccn3)NC(=S)N2c2ccc(Br)cc2)c(C)n1-c1cccc(F)c1. The van der Waals surface area contributed by atoms with Gasteiger partial charge in [-0.1, -0.05) is 28.1 Å². The van der Waals surface area contributed by atoms with Crippen LogP contribution in [0.2, 0.25) is 0 Å². The van der Waals surface area contributed by atoms with E-state index in [9.17, 15) is 4.39 Å². The zero-order chi connectivity index (χ0) is 23.1. The van der Waals surface area contributed by atoms with Crippen molar-refractivity contribution in [2.24, 2.45) is 0 Å². The molecule has 0 saturated carbocycles. The standard InChI is InChI=1S/C26H22BrFN4S/c1-16-14-22(17(2)31(16)21-7-5-6-19(28)15-21)25-24(23-8-3-4-13-29-23)30-26(33)32(25)20-11-9-18(27)10-12-20/h3-15,24-25H,1-2H3,(H,30,33)/t24-,25+/m1/s1. The van der Waals surface area contributed by atoms with Crippen molar-refractivity contribution in [3.05, 3.63) is 112 Å². The van der Waals surface area contributed by atoms with E-state index in [0.717, 1.165) is 38.5 Å². The normalized spacial score (nSPS) is 17.9. The van der Waals surface area contributed by atoms with Crippen LogP contribution in [0.15, 0.2) is 83.5 Å². The highest BCUT2D eigenvalue weighted by atomic mass is 79.9. The molecule has 2 atom stereocenters. The molecule has 33 heavy (non-hydrogen) atoms. The number of aryl methyl sites for hydroxylation is 1. The monoisotopic (exact) mass is 520 g/mol. The van der Waals surface area contributed by atoms with Crippen LogP contribution in [0.5, 0.6) is 0 Å². The van der Waals surface area contributed by atoms with E-state index in [1.807, 2.05) is 43.3 Å². The molecular weight excluding hydrogens is 499 g/mol. The van der Waals surface area contributed by atoms with Crippen molar-refractivity contribution in [1.29, 1.82) is 0 Å². The molecule has 1 fully saturated rings.